The van der Waals surface area contributed by atoms with E-state index < -0.39 is 24.3 Å². The number of amides is 1. The lowest BCUT2D eigenvalue weighted by Crippen LogP contribution is -2.22. The van der Waals surface area contributed by atoms with Gasteiger partial charge in [0.25, 0.3) is 5.91 Å². The molecular formula is C18H15ClFNO6. The molecule has 2 aromatic rings. The highest BCUT2D eigenvalue weighted by Crippen LogP contribution is 2.33. The van der Waals surface area contributed by atoms with E-state index in [1.807, 2.05) is 0 Å². The fourth-order valence-electron chi connectivity index (χ4n) is 2.23. The predicted molar refractivity (Wildman–Crippen MR) is 95.3 cm³/mol. The normalized spacial score (nSPS) is 10.1. The van der Waals surface area contributed by atoms with Crippen LogP contribution in [0.5, 0.6) is 11.5 Å². The number of halogens is 2. The van der Waals surface area contributed by atoms with Gasteiger partial charge in [0, 0.05) is 10.6 Å². The number of hydrogen-bond donors (Lipinski definition) is 1. The van der Waals surface area contributed by atoms with Crippen LogP contribution < -0.4 is 14.8 Å². The molecule has 0 unspecified atom stereocenters. The van der Waals surface area contributed by atoms with Crippen LogP contribution in [0.4, 0.5) is 10.1 Å². The molecule has 0 radical (unpaired) electrons. The highest BCUT2D eigenvalue weighted by molar-refractivity contribution is 6.30. The Morgan fingerprint density at radius 3 is 2.56 bits per heavy atom. The van der Waals surface area contributed by atoms with Crippen molar-refractivity contribution >= 4 is 35.5 Å². The number of carbonyl (C=O) groups excluding carboxylic acids is 3. The summed E-state index contributed by atoms with van der Waals surface area (Å²) in [7, 11) is 2.65. The molecule has 2 rings (SSSR count). The van der Waals surface area contributed by atoms with Crippen molar-refractivity contribution in [3.05, 3.63) is 52.3 Å². The lowest BCUT2D eigenvalue weighted by molar-refractivity contribution is -0.119. The average Bonchev–Trinajstić information content (AvgIpc) is 2.67. The van der Waals surface area contributed by atoms with E-state index in [9.17, 15) is 18.8 Å². The molecular weight excluding hydrogens is 381 g/mol. The van der Waals surface area contributed by atoms with Crippen molar-refractivity contribution in [2.75, 3.05) is 26.1 Å². The van der Waals surface area contributed by atoms with E-state index in [2.05, 4.69) is 5.32 Å². The number of esters is 1. The largest absolute Gasteiger partial charge is 0.493 e. The maximum Gasteiger partial charge on any atom is 0.343 e. The predicted octanol–water partition coefficient (Wildman–Crippen LogP) is 3.10. The van der Waals surface area contributed by atoms with Crippen LogP contribution in [0, 0.1) is 5.82 Å². The van der Waals surface area contributed by atoms with E-state index in [0.717, 1.165) is 6.07 Å². The van der Waals surface area contributed by atoms with Crippen LogP contribution in [0.2, 0.25) is 5.02 Å². The number of benzene rings is 2. The minimum Gasteiger partial charge on any atom is -0.493 e. The van der Waals surface area contributed by atoms with Gasteiger partial charge in [0.05, 0.1) is 19.9 Å². The van der Waals surface area contributed by atoms with Gasteiger partial charge in [-0.25, -0.2) is 9.18 Å². The van der Waals surface area contributed by atoms with E-state index in [4.69, 9.17) is 25.8 Å². The van der Waals surface area contributed by atoms with Gasteiger partial charge in [-0.2, -0.15) is 0 Å². The number of rotatable bonds is 7. The monoisotopic (exact) mass is 395 g/mol. The summed E-state index contributed by atoms with van der Waals surface area (Å²) in [5, 5.41) is 2.46. The highest BCUT2D eigenvalue weighted by Gasteiger charge is 2.23. The lowest BCUT2D eigenvalue weighted by Gasteiger charge is -2.14. The summed E-state index contributed by atoms with van der Waals surface area (Å²) in [5.41, 5.74) is -0.344. The zero-order valence-corrected chi connectivity index (χ0v) is 15.1. The van der Waals surface area contributed by atoms with Gasteiger partial charge in [-0.05, 0) is 30.3 Å². The van der Waals surface area contributed by atoms with E-state index in [1.54, 1.807) is 0 Å². The Kier molecular flexibility index (Phi) is 6.73. The molecule has 1 amide bonds. The van der Waals surface area contributed by atoms with Gasteiger partial charge in [0.1, 0.15) is 11.4 Å². The molecule has 0 atom stereocenters. The van der Waals surface area contributed by atoms with Crippen molar-refractivity contribution in [2.45, 2.75) is 0 Å². The Balaban J connectivity index is 2.14. The van der Waals surface area contributed by atoms with Crippen LogP contribution in [0.15, 0.2) is 30.3 Å². The number of carbonyl (C=O) groups is 3. The summed E-state index contributed by atoms with van der Waals surface area (Å²) in [6.07, 6.45) is 0.444. The van der Waals surface area contributed by atoms with Gasteiger partial charge >= 0.3 is 5.97 Å². The summed E-state index contributed by atoms with van der Waals surface area (Å²) in [6, 6.07) is 6.43. The molecule has 9 heteroatoms. The summed E-state index contributed by atoms with van der Waals surface area (Å²) in [6.45, 7) is -0.719. The molecule has 7 nitrogen and oxygen atoms in total. The van der Waals surface area contributed by atoms with E-state index in [1.165, 1.54) is 38.5 Å². The summed E-state index contributed by atoms with van der Waals surface area (Å²) in [5.74, 6) is -2.26. The minimum absolute atomic E-state index is 0.000978. The first-order valence-electron chi connectivity index (χ1n) is 7.53. The molecule has 0 aliphatic heterocycles. The summed E-state index contributed by atoms with van der Waals surface area (Å²) >= 11 is 5.74. The zero-order valence-electron chi connectivity index (χ0n) is 14.4. The Labute approximate surface area is 159 Å². The van der Waals surface area contributed by atoms with Crippen molar-refractivity contribution in [3.8, 4) is 11.5 Å². The zero-order chi connectivity index (χ0) is 20.0. The lowest BCUT2D eigenvalue weighted by atomic mass is 10.1. The highest BCUT2D eigenvalue weighted by atomic mass is 35.5. The SMILES string of the molecule is COc1ccc(C=O)c(C(=O)OCC(=O)Nc2cc(Cl)ccc2F)c1OC. The quantitative estimate of drug-likeness (QED) is 0.572. The number of ether oxygens (including phenoxy) is 3. The number of aldehydes is 1. The average molecular weight is 396 g/mol. The Morgan fingerprint density at radius 2 is 1.93 bits per heavy atom. The number of methoxy groups -OCH3 is 2. The minimum atomic E-state index is -0.977. The molecule has 0 fully saturated rings. The van der Waals surface area contributed by atoms with Crippen LogP contribution >= 0.6 is 11.6 Å². The van der Waals surface area contributed by atoms with Crippen LogP contribution in [0.25, 0.3) is 0 Å². The third-order valence-corrected chi connectivity index (χ3v) is 3.68. The molecule has 27 heavy (non-hydrogen) atoms. The standard InChI is InChI=1S/C18H15ClFNO6/c1-25-14-6-3-10(8-22)16(17(14)26-2)18(24)27-9-15(23)21-13-7-11(19)4-5-12(13)20/h3-8H,9H2,1-2H3,(H,21,23). The van der Waals surface area contributed by atoms with Gasteiger partial charge in [0.2, 0.25) is 0 Å². The first-order chi connectivity index (χ1) is 12.9. The number of hydrogen-bond acceptors (Lipinski definition) is 6. The molecule has 0 aliphatic rings. The Bertz CT molecular complexity index is 886. The fourth-order valence-corrected chi connectivity index (χ4v) is 2.41. The molecule has 0 saturated heterocycles. The van der Waals surface area contributed by atoms with Crippen LogP contribution in [0.1, 0.15) is 20.7 Å². The molecule has 0 spiro atoms. The number of anilines is 1. The van der Waals surface area contributed by atoms with Crippen LogP contribution in [-0.4, -0.2) is 39.0 Å². The van der Waals surface area contributed by atoms with Crippen molar-refractivity contribution in [3.63, 3.8) is 0 Å². The maximum absolute atomic E-state index is 13.6. The van der Waals surface area contributed by atoms with E-state index in [-0.39, 0.29) is 33.3 Å². The van der Waals surface area contributed by atoms with E-state index in [0.29, 0.717) is 6.29 Å². The van der Waals surface area contributed by atoms with Crippen molar-refractivity contribution in [1.29, 1.82) is 0 Å². The maximum atomic E-state index is 13.6. The van der Waals surface area contributed by atoms with E-state index >= 15 is 0 Å². The molecule has 1 N–H and O–H groups in total. The smallest absolute Gasteiger partial charge is 0.343 e. The molecule has 0 heterocycles. The fraction of sp³-hybridized carbons (Fsp3) is 0.167. The molecule has 142 valence electrons. The first kappa shape index (κ1) is 20.2. The van der Waals surface area contributed by atoms with Gasteiger partial charge in [0.15, 0.2) is 24.4 Å². The van der Waals surface area contributed by atoms with Gasteiger partial charge in [-0.3, -0.25) is 9.59 Å². The summed E-state index contributed by atoms with van der Waals surface area (Å²) in [4.78, 5) is 35.5. The van der Waals surface area contributed by atoms with Crippen molar-refractivity contribution in [2.24, 2.45) is 0 Å². The second-order valence-corrected chi connectivity index (χ2v) is 5.57. The van der Waals surface area contributed by atoms with Gasteiger partial charge in [-0.1, -0.05) is 11.6 Å². The molecule has 0 bridgehead atoms. The molecule has 2 aromatic carbocycles. The Hall–Kier alpha value is -3.13. The molecule has 0 aromatic heterocycles. The topological polar surface area (TPSA) is 90.9 Å². The van der Waals surface area contributed by atoms with Gasteiger partial charge in [-0.15, -0.1) is 0 Å². The molecule has 0 aliphatic carbocycles. The second-order valence-electron chi connectivity index (χ2n) is 5.13. The van der Waals surface area contributed by atoms with Crippen LogP contribution in [0.3, 0.4) is 0 Å². The van der Waals surface area contributed by atoms with Crippen molar-refractivity contribution < 1.29 is 33.0 Å². The Morgan fingerprint density at radius 1 is 1.19 bits per heavy atom. The third kappa shape index (κ3) is 4.73. The van der Waals surface area contributed by atoms with Crippen LogP contribution in [-0.2, 0) is 9.53 Å². The second kappa shape index (κ2) is 9.00. The number of nitrogens with one attached hydrogen (secondary N) is 1. The molecule has 0 saturated carbocycles. The first-order valence-corrected chi connectivity index (χ1v) is 7.91. The third-order valence-electron chi connectivity index (χ3n) is 3.45. The van der Waals surface area contributed by atoms with Crippen molar-refractivity contribution in [1.82, 2.24) is 0 Å². The summed E-state index contributed by atoms with van der Waals surface area (Å²) < 4.78 is 28.7. The van der Waals surface area contributed by atoms with Gasteiger partial charge < -0.3 is 19.5 Å².